The molecule has 0 fully saturated rings. The van der Waals surface area contributed by atoms with E-state index in [0.29, 0.717) is 26.4 Å². The zero-order chi connectivity index (χ0) is 28.6. The normalized spacial score (nSPS) is 15.6. The molecule has 0 bridgehead atoms. The zero-order valence-corrected chi connectivity index (χ0v) is 27.9. The smallest absolute Gasteiger partial charge is 0.867 e. The zero-order valence-electron chi connectivity index (χ0n) is 23.7. The van der Waals surface area contributed by atoms with E-state index in [0.717, 1.165) is 17.9 Å². The number of anilines is 1. The van der Waals surface area contributed by atoms with Crippen molar-refractivity contribution in [3.63, 3.8) is 0 Å². The Morgan fingerprint density at radius 3 is 2.35 bits per heavy atom. The van der Waals surface area contributed by atoms with E-state index in [9.17, 15) is 15.0 Å². The number of ether oxygens (including phenoxy) is 2. The van der Waals surface area contributed by atoms with E-state index in [-0.39, 0.29) is 84.9 Å². The monoisotopic (exact) mass is 774 g/mol. The van der Waals surface area contributed by atoms with Crippen molar-refractivity contribution >= 4 is 22.5 Å². The van der Waals surface area contributed by atoms with Crippen LogP contribution in [0.1, 0.15) is 31.9 Å². The Balaban J connectivity index is 0.000000486. The van der Waals surface area contributed by atoms with E-state index in [1.54, 1.807) is 10.7 Å². The van der Waals surface area contributed by atoms with Crippen LogP contribution >= 0.6 is 0 Å². The van der Waals surface area contributed by atoms with Gasteiger partial charge >= 0.3 is 31.1 Å². The van der Waals surface area contributed by atoms with Crippen molar-refractivity contribution in [3.05, 3.63) is 82.7 Å². The number of allylic oxidation sites excluding steroid dienone is 1. The molecule has 9 heteroatoms. The predicted molar refractivity (Wildman–Crippen MR) is 154 cm³/mol. The number of aliphatic hydroxyl groups is 2. The SMILES string of the molecule is [CH2-]COCCOCCO.[CH2-]C[N+](CCO)=c1c([O-])c(C=C2N(CC)c3ccc4ccccc4c3C2(C)C)c1=O.[U+2]. The fourth-order valence-corrected chi connectivity index (χ4v) is 5.13. The van der Waals surface area contributed by atoms with Crippen LogP contribution in [0.3, 0.4) is 0 Å². The second-order valence-corrected chi connectivity index (χ2v) is 9.66. The molecule has 0 aromatic heterocycles. The van der Waals surface area contributed by atoms with Crippen LogP contribution in [-0.4, -0.2) is 69.5 Å². The molecule has 0 unspecified atom stereocenters. The Hall–Kier alpha value is -1.99. The first-order valence-corrected chi connectivity index (χ1v) is 13.3. The summed E-state index contributed by atoms with van der Waals surface area (Å²) in [5.41, 5.74) is 2.88. The Bertz CT molecular complexity index is 1370. The largest absolute Gasteiger partial charge is 2.00 e. The minimum Gasteiger partial charge on any atom is -0.867 e. The third kappa shape index (κ3) is 7.07. The first-order chi connectivity index (χ1) is 18.8. The number of fused-ring (bicyclic) bond motifs is 3. The Morgan fingerprint density at radius 1 is 1.05 bits per heavy atom. The summed E-state index contributed by atoms with van der Waals surface area (Å²) >= 11 is 0. The van der Waals surface area contributed by atoms with Crippen LogP contribution < -0.4 is 25.4 Å². The van der Waals surface area contributed by atoms with E-state index >= 15 is 0 Å². The number of benzene rings is 2. The molecule has 0 atom stereocenters. The summed E-state index contributed by atoms with van der Waals surface area (Å²) in [6.45, 7) is 16.7. The van der Waals surface area contributed by atoms with Gasteiger partial charge in [0.25, 0.3) is 5.43 Å². The molecule has 40 heavy (non-hydrogen) atoms. The standard InChI is InChI=1S/C25H28N2O3.C6H13O3.U/c1-5-26(13-14-28)22-23(29)18(24(22)30)15-20-25(3,4)21-17-10-8-7-9-16(17)11-12-19(21)27(20)6-2;1-2-8-5-6-9-4-3-7;/h7-12,15,28-29H,1,5-6,13-14H2,2-4H3;7H,1-6H2;/q;-1;+2/p-1. The molecule has 214 valence electrons. The molecule has 0 spiro atoms. The number of rotatable bonds is 11. The van der Waals surface area contributed by atoms with E-state index < -0.39 is 0 Å². The summed E-state index contributed by atoms with van der Waals surface area (Å²) in [5, 5.41) is 32.8. The summed E-state index contributed by atoms with van der Waals surface area (Å²) in [6.07, 6.45) is 1.77. The fourth-order valence-electron chi connectivity index (χ4n) is 5.13. The van der Waals surface area contributed by atoms with Crippen LogP contribution in [0.5, 0.6) is 5.75 Å². The van der Waals surface area contributed by atoms with Crippen molar-refractivity contribution in [1.29, 1.82) is 0 Å². The van der Waals surface area contributed by atoms with Crippen molar-refractivity contribution < 1.29 is 55.9 Å². The van der Waals surface area contributed by atoms with Crippen LogP contribution in [0.15, 0.2) is 46.9 Å². The third-order valence-corrected chi connectivity index (χ3v) is 6.98. The molecule has 0 saturated heterocycles. The van der Waals surface area contributed by atoms with Gasteiger partial charge in [0.15, 0.2) is 6.54 Å². The van der Waals surface area contributed by atoms with Gasteiger partial charge in [-0.05, 0) is 41.2 Å². The van der Waals surface area contributed by atoms with Crippen molar-refractivity contribution in [2.24, 2.45) is 0 Å². The molecular formula is C31H40N2O6U. The summed E-state index contributed by atoms with van der Waals surface area (Å²) in [6, 6.07) is 12.6. The maximum atomic E-state index is 12.8. The predicted octanol–water partition coefficient (Wildman–Crippen LogP) is 1.75. The molecule has 0 saturated carbocycles. The van der Waals surface area contributed by atoms with Crippen LogP contribution in [-0.2, 0) is 14.9 Å². The maximum Gasteiger partial charge on any atom is 2.00 e. The van der Waals surface area contributed by atoms with Gasteiger partial charge < -0.3 is 36.6 Å². The van der Waals surface area contributed by atoms with Crippen LogP contribution in [0.4, 0.5) is 5.69 Å². The molecule has 8 nitrogen and oxygen atoms in total. The minimum absolute atomic E-state index is 0. The van der Waals surface area contributed by atoms with Gasteiger partial charge in [-0.3, -0.25) is 16.3 Å². The molecule has 3 aromatic rings. The molecule has 2 N–H and O–H groups in total. The molecule has 0 radical (unpaired) electrons. The third-order valence-electron chi connectivity index (χ3n) is 6.98. The number of likely N-dealkylation sites (N-methyl/N-ethyl adjacent to an activating group) is 1. The molecular weight excluding hydrogens is 734 g/mol. The Morgan fingerprint density at radius 2 is 1.75 bits per heavy atom. The van der Waals surface area contributed by atoms with Crippen molar-refractivity contribution in [2.45, 2.75) is 26.2 Å². The van der Waals surface area contributed by atoms with Gasteiger partial charge in [-0.1, -0.05) is 50.8 Å². The van der Waals surface area contributed by atoms with E-state index in [1.165, 1.54) is 16.3 Å². The average Bonchev–Trinajstić information content (AvgIpc) is 3.17. The number of nitrogens with zero attached hydrogens (tertiary/aromatic N) is 2. The maximum absolute atomic E-state index is 12.8. The van der Waals surface area contributed by atoms with Gasteiger partial charge in [-0.15, -0.1) is 0 Å². The van der Waals surface area contributed by atoms with Crippen molar-refractivity contribution in [3.8, 4) is 5.75 Å². The van der Waals surface area contributed by atoms with E-state index in [1.807, 2.05) is 12.1 Å². The number of aliphatic hydroxyl groups excluding tert-OH is 2. The van der Waals surface area contributed by atoms with Gasteiger partial charge in [0.05, 0.1) is 26.4 Å². The number of hydrogen-bond acceptors (Lipinski definition) is 7. The van der Waals surface area contributed by atoms with Gasteiger partial charge in [0.1, 0.15) is 6.61 Å². The Kier molecular flexibility index (Phi) is 13.6. The van der Waals surface area contributed by atoms with Gasteiger partial charge in [0.2, 0.25) is 5.36 Å². The molecule has 3 aromatic carbocycles. The van der Waals surface area contributed by atoms with E-state index in [2.05, 4.69) is 63.8 Å². The first-order valence-electron chi connectivity index (χ1n) is 13.3. The summed E-state index contributed by atoms with van der Waals surface area (Å²) < 4.78 is 11.3. The topological polar surface area (TPSA) is 105 Å². The van der Waals surface area contributed by atoms with Crippen molar-refractivity contribution in [1.82, 2.24) is 4.58 Å². The Labute approximate surface area is 260 Å². The summed E-state index contributed by atoms with van der Waals surface area (Å²) in [5.74, 6) is -0.266. The van der Waals surface area contributed by atoms with Gasteiger partial charge in [-0.2, -0.15) is 0 Å². The van der Waals surface area contributed by atoms with E-state index in [4.69, 9.17) is 14.6 Å². The quantitative estimate of drug-likeness (QED) is 0.174. The summed E-state index contributed by atoms with van der Waals surface area (Å²) in [4.78, 5) is 15.0. The average molecular weight is 775 g/mol. The molecule has 1 aliphatic rings. The van der Waals surface area contributed by atoms with Crippen LogP contribution in [0, 0.1) is 45.0 Å². The van der Waals surface area contributed by atoms with Crippen LogP contribution in [0.2, 0.25) is 0 Å². The van der Waals surface area contributed by atoms with Gasteiger partial charge in [0, 0.05) is 35.5 Å². The second-order valence-electron chi connectivity index (χ2n) is 9.66. The van der Waals surface area contributed by atoms with Crippen molar-refractivity contribution in [2.75, 3.05) is 64.2 Å². The molecule has 0 aliphatic carbocycles. The first kappa shape index (κ1) is 34.2. The number of hydrogen-bond donors (Lipinski definition) is 2. The molecule has 0 amide bonds. The summed E-state index contributed by atoms with van der Waals surface area (Å²) in [7, 11) is 0. The molecule has 1 aliphatic heterocycles. The van der Waals surface area contributed by atoms with Crippen LogP contribution in [0.25, 0.3) is 16.8 Å². The fraction of sp³-hybridized carbons (Fsp3) is 0.419. The van der Waals surface area contributed by atoms with Gasteiger partial charge in [-0.25, -0.2) is 0 Å². The molecule has 1 heterocycles. The molecule has 4 rings (SSSR count). The minimum atomic E-state index is -0.355. The second kappa shape index (κ2) is 15.9.